The molecule has 1 saturated heterocycles. The third-order valence-corrected chi connectivity index (χ3v) is 5.52. The maximum Gasteiger partial charge on any atom is 0.191 e. The average Bonchev–Trinajstić information content (AvgIpc) is 3.36. The number of hydrogen-bond acceptors (Lipinski definition) is 4. The summed E-state index contributed by atoms with van der Waals surface area (Å²) < 4.78 is 17.5. The summed E-state index contributed by atoms with van der Waals surface area (Å²) in [6.07, 6.45) is 7.26. The van der Waals surface area contributed by atoms with Crippen molar-refractivity contribution in [3.63, 3.8) is 0 Å². The highest BCUT2D eigenvalue weighted by molar-refractivity contribution is 14.0. The van der Waals surface area contributed by atoms with Crippen LogP contribution in [0.4, 0.5) is 0 Å². The number of nitrogens with zero attached hydrogens (tertiary/aromatic N) is 1. The van der Waals surface area contributed by atoms with Gasteiger partial charge in [0.05, 0.1) is 25.4 Å². The summed E-state index contributed by atoms with van der Waals surface area (Å²) in [7, 11) is 1.69. The summed E-state index contributed by atoms with van der Waals surface area (Å²) in [5.41, 5.74) is 1.01. The van der Waals surface area contributed by atoms with Crippen molar-refractivity contribution in [1.82, 2.24) is 10.6 Å². The van der Waals surface area contributed by atoms with E-state index in [1.54, 1.807) is 7.11 Å². The highest BCUT2D eigenvalue weighted by Gasteiger charge is 2.29. The minimum Gasteiger partial charge on any atom is -0.493 e. The Bertz CT molecular complexity index is 657. The zero-order valence-corrected chi connectivity index (χ0v) is 20.3. The quantitative estimate of drug-likeness (QED) is 0.307. The second-order valence-corrected chi connectivity index (χ2v) is 7.96. The van der Waals surface area contributed by atoms with Crippen LogP contribution in [0, 0.1) is 0 Å². The van der Waals surface area contributed by atoms with Gasteiger partial charge >= 0.3 is 0 Å². The molecule has 0 amide bonds. The summed E-state index contributed by atoms with van der Waals surface area (Å²) in [5, 5.41) is 6.74. The van der Waals surface area contributed by atoms with Crippen LogP contribution < -0.4 is 20.1 Å². The van der Waals surface area contributed by atoms with Gasteiger partial charge in [0.2, 0.25) is 0 Å². The third-order valence-electron chi connectivity index (χ3n) is 5.52. The summed E-state index contributed by atoms with van der Waals surface area (Å²) in [6.45, 7) is 7.25. The van der Waals surface area contributed by atoms with Crippen LogP contribution in [-0.4, -0.2) is 44.5 Å². The largest absolute Gasteiger partial charge is 0.493 e. The zero-order valence-electron chi connectivity index (χ0n) is 18.0. The number of benzene rings is 1. The Morgan fingerprint density at radius 3 is 2.66 bits per heavy atom. The molecule has 0 aromatic heterocycles. The van der Waals surface area contributed by atoms with Crippen LogP contribution in [0.2, 0.25) is 0 Å². The van der Waals surface area contributed by atoms with Gasteiger partial charge in [-0.25, -0.2) is 4.99 Å². The Hall–Kier alpha value is -1.22. The highest BCUT2D eigenvalue weighted by Crippen LogP contribution is 2.32. The van der Waals surface area contributed by atoms with Crippen molar-refractivity contribution in [1.29, 1.82) is 0 Å². The monoisotopic (exact) mass is 517 g/mol. The van der Waals surface area contributed by atoms with Gasteiger partial charge in [0.25, 0.3) is 0 Å². The van der Waals surface area contributed by atoms with E-state index in [2.05, 4.69) is 36.6 Å². The number of guanidine groups is 1. The van der Waals surface area contributed by atoms with E-state index < -0.39 is 0 Å². The van der Waals surface area contributed by atoms with Crippen molar-refractivity contribution >= 4 is 29.9 Å². The van der Waals surface area contributed by atoms with Gasteiger partial charge in [-0.2, -0.15) is 0 Å². The van der Waals surface area contributed by atoms with E-state index in [1.165, 1.54) is 12.8 Å². The van der Waals surface area contributed by atoms with Crippen LogP contribution in [0.1, 0.15) is 57.9 Å². The Kier molecular flexibility index (Phi) is 9.82. The lowest BCUT2D eigenvalue weighted by Gasteiger charge is -2.24. The van der Waals surface area contributed by atoms with Gasteiger partial charge in [-0.15, -0.1) is 24.0 Å². The van der Waals surface area contributed by atoms with Crippen molar-refractivity contribution in [2.75, 3.05) is 26.8 Å². The molecular formula is C22H36IN3O3. The fourth-order valence-corrected chi connectivity index (χ4v) is 3.86. The standard InChI is InChI=1S/C22H35N3O3.HI/c1-4-23-21(25-16-22(2)12-7-13-27-22)24-15-17-10-11-19(26-3)20(14-17)28-18-8-5-6-9-18;/h10-11,14,18H,4-9,12-13,15-16H2,1-3H3,(H2,23,24,25);1H. The first kappa shape index (κ1) is 24.1. The van der Waals surface area contributed by atoms with E-state index in [0.717, 1.165) is 68.4 Å². The maximum atomic E-state index is 6.20. The molecule has 1 atom stereocenters. The van der Waals surface area contributed by atoms with Crippen LogP contribution in [0.5, 0.6) is 11.5 Å². The van der Waals surface area contributed by atoms with Crippen molar-refractivity contribution in [3.8, 4) is 11.5 Å². The van der Waals surface area contributed by atoms with Gasteiger partial charge in [0.15, 0.2) is 17.5 Å². The van der Waals surface area contributed by atoms with Gasteiger partial charge in [-0.05, 0) is 70.1 Å². The van der Waals surface area contributed by atoms with Crippen molar-refractivity contribution in [3.05, 3.63) is 23.8 Å². The molecule has 2 fully saturated rings. The fourth-order valence-electron chi connectivity index (χ4n) is 3.86. The maximum absolute atomic E-state index is 6.20. The molecule has 1 aromatic rings. The number of halogens is 1. The number of aliphatic imine (C=N–C) groups is 1. The first-order valence-corrected chi connectivity index (χ1v) is 10.6. The van der Waals surface area contributed by atoms with Crippen LogP contribution in [0.3, 0.4) is 0 Å². The van der Waals surface area contributed by atoms with Gasteiger partial charge in [0, 0.05) is 19.7 Å². The molecule has 1 heterocycles. The average molecular weight is 517 g/mol. The molecule has 1 aliphatic carbocycles. The van der Waals surface area contributed by atoms with E-state index in [0.29, 0.717) is 12.6 Å². The molecule has 2 N–H and O–H groups in total. The first-order valence-electron chi connectivity index (χ1n) is 10.6. The van der Waals surface area contributed by atoms with Gasteiger partial charge in [0.1, 0.15) is 0 Å². The molecule has 1 aliphatic heterocycles. The predicted molar refractivity (Wildman–Crippen MR) is 128 cm³/mol. The molecule has 0 radical (unpaired) electrons. The molecule has 164 valence electrons. The van der Waals surface area contributed by atoms with Crippen molar-refractivity contribution < 1.29 is 14.2 Å². The molecule has 0 bridgehead atoms. The first-order chi connectivity index (χ1) is 13.6. The smallest absolute Gasteiger partial charge is 0.191 e. The second kappa shape index (κ2) is 11.8. The van der Waals surface area contributed by atoms with Gasteiger partial charge in [-0.3, -0.25) is 0 Å². The number of hydrogen-bond donors (Lipinski definition) is 2. The van der Waals surface area contributed by atoms with Gasteiger partial charge in [-0.1, -0.05) is 6.07 Å². The number of methoxy groups -OCH3 is 1. The third kappa shape index (κ3) is 7.20. The van der Waals surface area contributed by atoms with E-state index in [9.17, 15) is 0 Å². The molecule has 1 aromatic carbocycles. The van der Waals surface area contributed by atoms with E-state index >= 15 is 0 Å². The topological polar surface area (TPSA) is 64.1 Å². The molecule has 3 rings (SSSR count). The van der Waals surface area contributed by atoms with E-state index in [-0.39, 0.29) is 29.6 Å². The minimum atomic E-state index is -0.0986. The number of rotatable bonds is 8. The lowest BCUT2D eigenvalue weighted by atomic mass is 10.0. The minimum absolute atomic E-state index is 0. The number of nitrogens with one attached hydrogen (secondary N) is 2. The molecule has 0 spiro atoms. The Morgan fingerprint density at radius 1 is 1.21 bits per heavy atom. The number of ether oxygens (including phenoxy) is 3. The lowest BCUT2D eigenvalue weighted by Crippen LogP contribution is -2.45. The van der Waals surface area contributed by atoms with Crippen LogP contribution in [0.25, 0.3) is 0 Å². The molecule has 29 heavy (non-hydrogen) atoms. The lowest BCUT2D eigenvalue weighted by molar-refractivity contribution is 0.0243. The normalized spacial score (nSPS) is 22.2. The van der Waals surface area contributed by atoms with E-state index in [4.69, 9.17) is 19.2 Å². The van der Waals surface area contributed by atoms with Crippen molar-refractivity contribution in [2.45, 2.75) is 70.6 Å². The van der Waals surface area contributed by atoms with Crippen LogP contribution in [0.15, 0.2) is 23.2 Å². The summed E-state index contributed by atoms with van der Waals surface area (Å²) >= 11 is 0. The molecule has 1 saturated carbocycles. The molecule has 6 nitrogen and oxygen atoms in total. The summed E-state index contributed by atoms with van der Waals surface area (Å²) in [4.78, 5) is 4.75. The molecule has 7 heteroatoms. The highest BCUT2D eigenvalue weighted by atomic mass is 127. The van der Waals surface area contributed by atoms with Crippen LogP contribution in [-0.2, 0) is 11.3 Å². The van der Waals surface area contributed by atoms with Crippen LogP contribution >= 0.6 is 24.0 Å². The Morgan fingerprint density at radius 2 is 2.00 bits per heavy atom. The summed E-state index contributed by atoms with van der Waals surface area (Å²) in [6, 6.07) is 6.09. The predicted octanol–water partition coefficient (Wildman–Crippen LogP) is 4.26. The Labute approximate surface area is 192 Å². The molecule has 2 aliphatic rings. The molecular weight excluding hydrogens is 481 g/mol. The van der Waals surface area contributed by atoms with Gasteiger partial charge < -0.3 is 24.8 Å². The van der Waals surface area contributed by atoms with Crippen molar-refractivity contribution in [2.24, 2.45) is 4.99 Å². The SMILES string of the molecule is CCNC(=NCc1ccc(OC)c(OC2CCCC2)c1)NCC1(C)CCCO1.I. The second-order valence-electron chi connectivity index (χ2n) is 7.96. The summed E-state index contributed by atoms with van der Waals surface area (Å²) in [5.74, 6) is 2.43. The fraction of sp³-hybridized carbons (Fsp3) is 0.682. The zero-order chi connectivity index (χ0) is 19.8. The molecule has 1 unspecified atom stereocenters. The Balaban J connectivity index is 0.00000300. The van der Waals surface area contributed by atoms with E-state index in [1.807, 2.05) is 6.07 Å².